The summed E-state index contributed by atoms with van der Waals surface area (Å²) < 4.78 is 67.2. The third-order valence-corrected chi connectivity index (χ3v) is 6.33. The van der Waals surface area contributed by atoms with Gasteiger partial charge in [-0.1, -0.05) is 6.92 Å². The van der Waals surface area contributed by atoms with E-state index in [1.54, 1.807) is 13.0 Å². The molecule has 0 saturated carbocycles. The Morgan fingerprint density at radius 1 is 1.10 bits per heavy atom. The fourth-order valence-electron chi connectivity index (χ4n) is 3.96. The number of methoxy groups -OCH3 is 1. The third-order valence-electron chi connectivity index (χ3n) is 6.33. The van der Waals surface area contributed by atoms with Crippen molar-refractivity contribution in [2.45, 2.75) is 31.0 Å². The van der Waals surface area contributed by atoms with E-state index in [1.807, 2.05) is 0 Å². The predicted octanol–water partition coefficient (Wildman–Crippen LogP) is 3.90. The number of benzene rings is 2. The molecular weight excluding hydrogens is 534 g/mol. The molecule has 40 heavy (non-hydrogen) atoms. The van der Waals surface area contributed by atoms with E-state index in [-0.39, 0.29) is 48.4 Å². The summed E-state index contributed by atoms with van der Waals surface area (Å²) in [6.45, 7) is 0.514. The quantitative estimate of drug-likeness (QED) is 0.246. The summed E-state index contributed by atoms with van der Waals surface area (Å²) >= 11 is 0. The van der Waals surface area contributed by atoms with E-state index in [2.05, 4.69) is 10.3 Å². The smallest absolute Gasteiger partial charge is 0.424 e. The molecule has 1 aromatic heterocycles. The van der Waals surface area contributed by atoms with Crippen molar-refractivity contribution >= 4 is 5.91 Å². The summed E-state index contributed by atoms with van der Waals surface area (Å²) in [5.41, 5.74) is 2.18. The Morgan fingerprint density at radius 2 is 1.80 bits per heavy atom. The second kappa shape index (κ2) is 13.1. The van der Waals surface area contributed by atoms with Crippen molar-refractivity contribution < 1.29 is 42.0 Å². The minimum Gasteiger partial charge on any atom is -0.493 e. The van der Waals surface area contributed by atoms with Crippen LogP contribution in [0.3, 0.4) is 0 Å². The zero-order valence-electron chi connectivity index (χ0n) is 22.0. The maximum Gasteiger partial charge on any atom is 0.424 e. The van der Waals surface area contributed by atoms with E-state index in [0.717, 1.165) is 18.2 Å². The first-order chi connectivity index (χ1) is 18.9. The van der Waals surface area contributed by atoms with Gasteiger partial charge in [0.05, 0.1) is 31.6 Å². The highest BCUT2D eigenvalue weighted by Gasteiger charge is 2.56. The second-order valence-corrected chi connectivity index (χ2v) is 9.13. The van der Waals surface area contributed by atoms with Crippen LogP contribution in [-0.2, 0) is 5.60 Å². The maximum absolute atomic E-state index is 14.4. The molecule has 0 saturated heterocycles. The van der Waals surface area contributed by atoms with Crippen LogP contribution >= 0.6 is 0 Å². The first kappa shape index (κ1) is 30.8. The van der Waals surface area contributed by atoms with Gasteiger partial charge >= 0.3 is 6.18 Å². The number of ether oxygens (including phenoxy) is 2. The molecule has 1 amide bonds. The number of carbonyl (C=O) groups excluding carboxylic acids is 1. The van der Waals surface area contributed by atoms with Crippen LogP contribution in [0.4, 0.5) is 17.6 Å². The van der Waals surface area contributed by atoms with E-state index >= 15 is 0 Å². The lowest BCUT2D eigenvalue weighted by atomic mass is 9.90. The number of halogens is 4. The van der Waals surface area contributed by atoms with Gasteiger partial charge in [-0.05, 0) is 79.0 Å². The minimum atomic E-state index is -5.23. The SMILES string of the molecule is COc1cc(C(=O)NCC(O)(c2cc(C(C)CCN)cc(-c3ccc(F)cc3)n2)C(F)(F)F)ccc1OCCO. The molecule has 0 aliphatic heterocycles. The first-order valence-electron chi connectivity index (χ1n) is 12.4. The molecule has 5 N–H and O–H groups in total. The Kier molecular flexibility index (Phi) is 10.1. The number of aliphatic hydroxyl groups excluding tert-OH is 1. The number of nitrogens with zero attached hydrogens (tertiary/aromatic N) is 1. The lowest BCUT2D eigenvalue weighted by Crippen LogP contribution is -2.51. The number of hydrogen-bond acceptors (Lipinski definition) is 7. The van der Waals surface area contributed by atoms with E-state index in [1.165, 1.54) is 37.4 Å². The topological polar surface area (TPSA) is 127 Å². The molecule has 12 heteroatoms. The number of alkyl halides is 3. The van der Waals surface area contributed by atoms with E-state index < -0.39 is 35.7 Å². The van der Waals surface area contributed by atoms with Gasteiger partial charge in [0.15, 0.2) is 11.5 Å². The standard InChI is InChI=1S/C28H31F4N3O5/c1-17(9-10-33)20-13-22(18-3-6-21(29)7-4-18)35-25(15-20)27(38,28(30,31)32)16-34-26(37)19-5-8-23(40-12-11-36)24(14-19)39-2/h3-8,13-15,17,36,38H,9-12,16,33H2,1-2H3,(H,34,37). The number of hydrogen-bond donors (Lipinski definition) is 4. The molecule has 2 unspecified atom stereocenters. The molecule has 3 rings (SSSR count). The molecule has 0 aliphatic rings. The molecule has 0 bridgehead atoms. The molecule has 0 spiro atoms. The van der Waals surface area contributed by atoms with Gasteiger partial charge in [0.1, 0.15) is 12.4 Å². The number of amides is 1. The molecule has 8 nitrogen and oxygen atoms in total. The Balaban J connectivity index is 1.99. The number of nitrogens with one attached hydrogen (secondary N) is 1. The van der Waals surface area contributed by atoms with Gasteiger partial charge in [0.25, 0.3) is 5.91 Å². The maximum atomic E-state index is 14.4. The second-order valence-electron chi connectivity index (χ2n) is 9.13. The Morgan fingerprint density at radius 3 is 2.40 bits per heavy atom. The van der Waals surface area contributed by atoms with Gasteiger partial charge in [0, 0.05) is 11.1 Å². The lowest BCUT2D eigenvalue weighted by Gasteiger charge is -2.31. The van der Waals surface area contributed by atoms with E-state index in [4.69, 9.17) is 20.3 Å². The predicted molar refractivity (Wildman–Crippen MR) is 140 cm³/mol. The van der Waals surface area contributed by atoms with Crippen LogP contribution in [0.5, 0.6) is 11.5 Å². The van der Waals surface area contributed by atoms with Crippen molar-refractivity contribution in [2.24, 2.45) is 5.73 Å². The summed E-state index contributed by atoms with van der Waals surface area (Å²) in [4.78, 5) is 16.9. The van der Waals surface area contributed by atoms with Crippen molar-refractivity contribution in [2.75, 3.05) is 33.4 Å². The zero-order chi connectivity index (χ0) is 29.5. The van der Waals surface area contributed by atoms with E-state index in [0.29, 0.717) is 17.5 Å². The fraction of sp³-hybridized carbons (Fsp3) is 0.357. The van der Waals surface area contributed by atoms with Crippen molar-refractivity contribution in [1.29, 1.82) is 0 Å². The van der Waals surface area contributed by atoms with Gasteiger partial charge in [-0.25, -0.2) is 9.37 Å². The molecule has 0 radical (unpaired) electrons. The molecule has 1 heterocycles. The molecule has 2 atom stereocenters. The number of aromatic nitrogens is 1. The van der Waals surface area contributed by atoms with Crippen LogP contribution < -0.4 is 20.5 Å². The number of nitrogens with two attached hydrogens (primary N) is 1. The molecule has 3 aromatic rings. The summed E-state index contributed by atoms with van der Waals surface area (Å²) in [5, 5.41) is 22.1. The van der Waals surface area contributed by atoms with Crippen molar-refractivity contribution in [1.82, 2.24) is 10.3 Å². The highest BCUT2D eigenvalue weighted by molar-refractivity contribution is 5.95. The normalized spacial score (nSPS) is 13.8. The van der Waals surface area contributed by atoms with Gasteiger partial charge in [-0.15, -0.1) is 0 Å². The Bertz CT molecular complexity index is 1300. The van der Waals surface area contributed by atoms with Crippen LogP contribution in [0.25, 0.3) is 11.3 Å². The fourth-order valence-corrected chi connectivity index (χ4v) is 3.96. The average molecular weight is 566 g/mol. The van der Waals surface area contributed by atoms with E-state index in [9.17, 15) is 27.5 Å². The number of pyridine rings is 1. The summed E-state index contributed by atoms with van der Waals surface area (Å²) in [6.07, 6.45) is -4.78. The van der Waals surface area contributed by atoms with Crippen LogP contribution in [-0.4, -0.2) is 60.7 Å². The monoisotopic (exact) mass is 565 g/mol. The number of aliphatic hydroxyl groups is 2. The number of rotatable bonds is 12. The van der Waals surface area contributed by atoms with Gasteiger partial charge in [-0.3, -0.25) is 4.79 Å². The molecule has 0 aliphatic carbocycles. The molecule has 0 fully saturated rings. The largest absolute Gasteiger partial charge is 0.493 e. The average Bonchev–Trinajstić information content (AvgIpc) is 2.94. The summed E-state index contributed by atoms with van der Waals surface area (Å²) in [6, 6.07) is 11.7. The van der Waals surface area contributed by atoms with Gasteiger partial charge in [-0.2, -0.15) is 13.2 Å². The lowest BCUT2D eigenvalue weighted by molar-refractivity contribution is -0.265. The van der Waals surface area contributed by atoms with Crippen molar-refractivity contribution in [3.8, 4) is 22.8 Å². The third kappa shape index (κ3) is 7.06. The molecule has 2 aromatic carbocycles. The highest BCUT2D eigenvalue weighted by atomic mass is 19.4. The summed E-state index contributed by atoms with van der Waals surface area (Å²) in [7, 11) is 1.31. The summed E-state index contributed by atoms with van der Waals surface area (Å²) in [5.74, 6) is -1.38. The van der Waals surface area contributed by atoms with Crippen LogP contribution in [0.15, 0.2) is 54.6 Å². The highest BCUT2D eigenvalue weighted by Crippen LogP contribution is 2.40. The van der Waals surface area contributed by atoms with Crippen LogP contribution in [0, 0.1) is 5.82 Å². The first-order valence-corrected chi connectivity index (χ1v) is 12.4. The van der Waals surface area contributed by atoms with Gasteiger partial charge < -0.3 is 30.7 Å². The van der Waals surface area contributed by atoms with Crippen LogP contribution in [0.2, 0.25) is 0 Å². The van der Waals surface area contributed by atoms with Crippen molar-refractivity contribution in [3.05, 3.63) is 77.2 Å². The number of carbonyl (C=O) groups is 1. The Hall–Kier alpha value is -3.74. The minimum absolute atomic E-state index is 0.0314. The Labute approximate surface area is 228 Å². The van der Waals surface area contributed by atoms with Crippen molar-refractivity contribution in [3.63, 3.8) is 0 Å². The zero-order valence-corrected chi connectivity index (χ0v) is 22.0. The van der Waals surface area contributed by atoms with Gasteiger partial charge in [0.2, 0.25) is 5.60 Å². The molecule has 216 valence electrons. The molecular formula is C28H31F4N3O5. The van der Waals surface area contributed by atoms with Crippen LogP contribution in [0.1, 0.15) is 40.9 Å².